The quantitative estimate of drug-likeness (QED) is 0.225. The third kappa shape index (κ3) is 6.39. The van der Waals surface area contributed by atoms with Crippen LogP contribution in [0.4, 0.5) is 0 Å². The average molecular weight is 650 g/mol. The Hall–Kier alpha value is -2.06. The van der Waals surface area contributed by atoms with Crippen molar-refractivity contribution in [2.75, 3.05) is 6.54 Å². The van der Waals surface area contributed by atoms with Crippen molar-refractivity contribution in [2.24, 2.45) is 34.1 Å². The van der Waals surface area contributed by atoms with E-state index >= 15 is 0 Å². The topological polar surface area (TPSA) is 97.6 Å². The number of carbonyl (C=O) groups excluding carboxylic acids is 1. The molecule has 6 rings (SSSR count). The van der Waals surface area contributed by atoms with E-state index in [-0.39, 0.29) is 41.5 Å². The standard InChI is InChI=1S/C40H59NO6/c1-23-10-9-11-36-39(20-26(4)28(6)22-41-36)15-13-31(35-18-25(3)37(43)45-35)29(7)32(39)17-24(2)33(42)19-34-27(5)21-40(47-34)38(8,44)14-12-30(16-23)46-40/h17-18,26-28,30,32-35,42,44H,1,9-16,19-22H2,2-8H3/b24-17-/t26-,27+,28-,30-,32-,33-,34+,35-,38+,39+,40+/m0/s1. The van der Waals surface area contributed by atoms with Crippen LogP contribution >= 0.6 is 0 Å². The van der Waals surface area contributed by atoms with Gasteiger partial charge in [-0.2, -0.15) is 0 Å². The maximum absolute atomic E-state index is 12.5. The van der Waals surface area contributed by atoms with E-state index in [4.69, 9.17) is 19.2 Å². The zero-order chi connectivity index (χ0) is 33.9. The van der Waals surface area contributed by atoms with Gasteiger partial charge in [-0.1, -0.05) is 44.6 Å². The molecule has 3 bridgehead atoms. The van der Waals surface area contributed by atoms with Crippen molar-refractivity contribution in [1.29, 1.82) is 0 Å². The summed E-state index contributed by atoms with van der Waals surface area (Å²) in [7, 11) is 0. The average Bonchev–Trinajstić information content (AvgIpc) is 3.47. The maximum Gasteiger partial charge on any atom is 0.334 e. The third-order valence-corrected chi connectivity index (χ3v) is 13.1. The zero-order valence-corrected chi connectivity index (χ0v) is 29.9. The molecule has 7 heteroatoms. The number of esters is 1. The molecule has 0 radical (unpaired) electrons. The predicted molar refractivity (Wildman–Crippen MR) is 185 cm³/mol. The first-order chi connectivity index (χ1) is 22.1. The van der Waals surface area contributed by atoms with Crippen LogP contribution in [0.1, 0.15) is 119 Å². The third-order valence-electron chi connectivity index (χ3n) is 13.1. The van der Waals surface area contributed by atoms with Crippen molar-refractivity contribution >= 4 is 11.7 Å². The molecule has 7 nitrogen and oxygen atoms in total. The minimum Gasteiger partial charge on any atom is -0.450 e. The summed E-state index contributed by atoms with van der Waals surface area (Å²) in [5, 5.41) is 23.4. The van der Waals surface area contributed by atoms with Crippen molar-refractivity contribution in [3.63, 3.8) is 0 Å². The van der Waals surface area contributed by atoms with E-state index in [1.807, 2.05) is 19.9 Å². The Kier molecular flexibility index (Phi) is 9.62. The summed E-state index contributed by atoms with van der Waals surface area (Å²) < 4.78 is 19.3. The molecule has 0 saturated carbocycles. The molecule has 5 aliphatic heterocycles. The van der Waals surface area contributed by atoms with Crippen molar-refractivity contribution in [3.8, 4) is 0 Å². The Balaban J connectivity index is 1.43. The number of hydrogen-bond acceptors (Lipinski definition) is 7. The van der Waals surface area contributed by atoms with Crippen molar-refractivity contribution in [1.82, 2.24) is 0 Å². The van der Waals surface area contributed by atoms with Crippen LogP contribution in [0.5, 0.6) is 0 Å². The van der Waals surface area contributed by atoms with Crippen molar-refractivity contribution in [2.45, 2.75) is 155 Å². The van der Waals surface area contributed by atoms with Gasteiger partial charge in [0.15, 0.2) is 5.79 Å². The van der Waals surface area contributed by atoms with Gasteiger partial charge in [0.05, 0.1) is 18.3 Å². The first-order valence-electron chi connectivity index (χ1n) is 18.4. The molecule has 2 N–H and O–H groups in total. The minimum atomic E-state index is -1.10. The second-order valence-electron chi connectivity index (χ2n) is 16.6. The highest BCUT2D eigenvalue weighted by Crippen LogP contribution is 2.55. The number of carbonyl (C=O) groups is 1. The first-order valence-corrected chi connectivity index (χ1v) is 18.4. The molecule has 47 heavy (non-hydrogen) atoms. The van der Waals surface area contributed by atoms with Crippen LogP contribution in [0.3, 0.4) is 0 Å². The summed E-state index contributed by atoms with van der Waals surface area (Å²) in [4.78, 5) is 17.9. The number of nitrogens with zero attached hydrogens (tertiary/aromatic N) is 1. The lowest BCUT2D eigenvalue weighted by Crippen LogP contribution is -2.59. The molecule has 0 amide bonds. The summed E-state index contributed by atoms with van der Waals surface area (Å²) in [6, 6.07) is 0. The maximum atomic E-state index is 12.5. The van der Waals surface area contributed by atoms with E-state index in [2.05, 4.69) is 47.3 Å². The van der Waals surface area contributed by atoms with E-state index in [1.165, 1.54) is 22.4 Å². The molecule has 2 spiro atoms. The molecule has 2 saturated heterocycles. The number of aliphatic hydroxyl groups is 2. The van der Waals surface area contributed by atoms with Gasteiger partial charge in [-0.3, -0.25) is 4.99 Å². The number of cyclic esters (lactones) is 1. The summed E-state index contributed by atoms with van der Waals surface area (Å²) in [6.45, 7) is 20.1. The molecule has 1 aliphatic carbocycles. The van der Waals surface area contributed by atoms with Gasteiger partial charge >= 0.3 is 5.97 Å². The number of rotatable bonds is 1. The van der Waals surface area contributed by atoms with Gasteiger partial charge < -0.3 is 24.4 Å². The summed E-state index contributed by atoms with van der Waals surface area (Å²) >= 11 is 0. The van der Waals surface area contributed by atoms with Crippen LogP contribution in [0.2, 0.25) is 0 Å². The van der Waals surface area contributed by atoms with Gasteiger partial charge in [-0.15, -0.1) is 0 Å². The number of aliphatic hydroxyl groups excluding tert-OH is 1. The SMILES string of the molecule is C=C1CCCC2=NC[C@H](C)[C@@H](C)C[C@@]23CCC([C@@H]2C=C(C)C(=O)O2)=C(C)[C@@H]3/C=C(/C)[C@@H](O)C[C@H]2O[C@@]3(C[C@H]2C)O[C@@H](CC[C@@]3(C)O)C1. The Morgan fingerprint density at radius 2 is 1.74 bits per heavy atom. The number of allylic oxidation sites excluding steroid dienone is 2. The zero-order valence-electron chi connectivity index (χ0n) is 29.9. The summed E-state index contributed by atoms with van der Waals surface area (Å²) in [5.41, 5.74) is 5.24. The van der Waals surface area contributed by atoms with Crippen LogP contribution in [0.15, 0.2) is 51.6 Å². The number of ether oxygens (including phenoxy) is 3. The molecule has 0 aromatic heterocycles. The predicted octanol–water partition coefficient (Wildman–Crippen LogP) is 7.57. The molecule has 260 valence electrons. The van der Waals surface area contributed by atoms with Gasteiger partial charge in [-0.05, 0) is 120 Å². The summed E-state index contributed by atoms with van der Waals surface area (Å²) in [5.74, 6) is -0.184. The lowest BCUT2D eigenvalue weighted by atomic mass is 9.56. The molecule has 2 fully saturated rings. The van der Waals surface area contributed by atoms with Crippen LogP contribution in [0, 0.1) is 29.1 Å². The molecule has 6 aliphatic rings. The van der Waals surface area contributed by atoms with Gasteiger partial charge in [0, 0.05) is 42.0 Å². The Bertz CT molecular complexity index is 1390. The van der Waals surface area contributed by atoms with E-state index in [1.54, 1.807) is 0 Å². The van der Waals surface area contributed by atoms with Gasteiger partial charge in [0.1, 0.15) is 11.7 Å². The lowest BCUT2D eigenvalue weighted by Gasteiger charge is -2.48. The van der Waals surface area contributed by atoms with Crippen LogP contribution in [0.25, 0.3) is 0 Å². The Morgan fingerprint density at radius 3 is 2.47 bits per heavy atom. The Labute approximate surface area is 282 Å². The van der Waals surface area contributed by atoms with E-state index in [0.717, 1.165) is 63.5 Å². The fraction of sp³-hybridized carbons (Fsp3) is 0.750. The fourth-order valence-corrected chi connectivity index (χ4v) is 9.66. The number of hydrogen-bond donors (Lipinski definition) is 2. The molecule has 0 unspecified atom stereocenters. The second kappa shape index (κ2) is 13.0. The van der Waals surface area contributed by atoms with Crippen molar-refractivity contribution in [3.05, 3.63) is 46.6 Å². The van der Waals surface area contributed by atoms with Gasteiger partial charge in [0.2, 0.25) is 0 Å². The molecule has 0 aromatic rings. The number of aliphatic imine (C=N–C) groups is 1. The molecular formula is C40H59NO6. The Morgan fingerprint density at radius 1 is 0.979 bits per heavy atom. The first kappa shape index (κ1) is 34.8. The summed E-state index contributed by atoms with van der Waals surface area (Å²) in [6.07, 6.45) is 11.8. The molecule has 11 atom stereocenters. The molecule has 5 heterocycles. The van der Waals surface area contributed by atoms with E-state index in [0.29, 0.717) is 36.7 Å². The number of fused-ring (bicyclic) bond motifs is 2. The molecular weight excluding hydrogens is 590 g/mol. The second-order valence-corrected chi connectivity index (χ2v) is 16.6. The lowest BCUT2D eigenvalue weighted by molar-refractivity contribution is -0.345. The van der Waals surface area contributed by atoms with Crippen molar-refractivity contribution < 1.29 is 29.2 Å². The largest absolute Gasteiger partial charge is 0.450 e. The van der Waals surface area contributed by atoms with E-state index in [9.17, 15) is 15.0 Å². The molecule has 0 aromatic carbocycles. The van der Waals surface area contributed by atoms with Crippen LogP contribution in [-0.2, 0) is 19.0 Å². The monoisotopic (exact) mass is 649 g/mol. The van der Waals surface area contributed by atoms with Gasteiger partial charge in [-0.25, -0.2) is 4.79 Å². The highest BCUT2D eigenvalue weighted by atomic mass is 16.7. The highest BCUT2D eigenvalue weighted by molar-refractivity contribution is 5.92. The van der Waals surface area contributed by atoms with Crippen LogP contribution < -0.4 is 0 Å². The van der Waals surface area contributed by atoms with Gasteiger partial charge in [0.25, 0.3) is 0 Å². The minimum absolute atomic E-state index is 0.0239. The smallest absolute Gasteiger partial charge is 0.334 e. The fourth-order valence-electron chi connectivity index (χ4n) is 9.66. The normalized spacial score (nSPS) is 46.3. The van der Waals surface area contributed by atoms with E-state index < -0.39 is 17.5 Å². The van der Waals surface area contributed by atoms with Crippen LogP contribution in [-0.4, -0.2) is 64.2 Å². The highest BCUT2D eigenvalue weighted by Gasteiger charge is 2.60.